The molecule has 1 atom stereocenters. The molecule has 5 heteroatoms. The van der Waals surface area contributed by atoms with E-state index in [1.807, 2.05) is 24.3 Å². The second-order valence-corrected chi connectivity index (χ2v) is 5.23. The molecule has 1 aliphatic rings. The minimum Gasteiger partial charge on any atom is -0.449 e. The lowest BCUT2D eigenvalue weighted by Gasteiger charge is -2.18. The smallest absolute Gasteiger partial charge is 0.411 e. The third-order valence-electron chi connectivity index (χ3n) is 3.79. The number of carbonyl (C=O) groups is 1. The highest BCUT2D eigenvalue weighted by Crippen LogP contribution is 2.17. The first-order valence-corrected chi connectivity index (χ1v) is 7.12. The molecule has 1 unspecified atom stereocenters. The zero-order valence-electron chi connectivity index (χ0n) is 12.0. The summed E-state index contributed by atoms with van der Waals surface area (Å²) < 4.78 is 5.21. The van der Waals surface area contributed by atoms with Crippen molar-refractivity contribution >= 4 is 11.8 Å². The van der Waals surface area contributed by atoms with Crippen molar-refractivity contribution in [3.05, 3.63) is 29.8 Å². The van der Waals surface area contributed by atoms with Gasteiger partial charge in [0.25, 0.3) is 0 Å². The van der Waals surface area contributed by atoms with E-state index in [2.05, 4.69) is 17.3 Å². The summed E-state index contributed by atoms with van der Waals surface area (Å²) in [6.07, 6.45) is 2.94. The molecule has 1 aromatic rings. The molecule has 2 rings (SSSR count). The fourth-order valence-corrected chi connectivity index (χ4v) is 2.51. The van der Waals surface area contributed by atoms with Crippen molar-refractivity contribution in [2.75, 3.05) is 25.5 Å². The largest absolute Gasteiger partial charge is 0.449 e. The number of likely N-dealkylation sites (tertiary alicyclic amines) is 1. The van der Waals surface area contributed by atoms with Crippen LogP contribution in [0.4, 0.5) is 10.5 Å². The number of anilines is 1. The zero-order valence-corrected chi connectivity index (χ0v) is 12.0. The number of hydrogen-bond acceptors (Lipinski definition) is 4. The van der Waals surface area contributed by atoms with Crippen LogP contribution in [0.15, 0.2) is 24.3 Å². The molecule has 0 spiro atoms. The van der Waals surface area contributed by atoms with Crippen molar-refractivity contribution in [2.24, 2.45) is 5.73 Å². The fraction of sp³-hybridized carbons (Fsp3) is 0.533. The van der Waals surface area contributed by atoms with Crippen LogP contribution in [0.25, 0.3) is 0 Å². The van der Waals surface area contributed by atoms with E-state index in [-0.39, 0.29) is 0 Å². The summed E-state index contributed by atoms with van der Waals surface area (Å²) in [5.74, 6) is 0. The lowest BCUT2D eigenvalue weighted by molar-refractivity contribution is 0.147. The fourth-order valence-electron chi connectivity index (χ4n) is 2.51. The Morgan fingerprint density at radius 2 is 2.20 bits per heavy atom. The molecule has 0 aliphatic carbocycles. The van der Waals surface area contributed by atoms with Crippen molar-refractivity contribution in [1.29, 1.82) is 0 Å². The van der Waals surface area contributed by atoms with Gasteiger partial charge in [-0.15, -0.1) is 0 Å². The van der Waals surface area contributed by atoms with Crippen LogP contribution in [0.2, 0.25) is 0 Å². The van der Waals surface area contributed by atoms with E-state index < -0.39 is 6.09 Å². The molecule has 0 saturated carbocycles. The molecule has 0 aromatic heterocycles. The quantitative estimate of drug-likeness (QED) is 0.865. The number of ether oxygens (including phenoxy) is 1. The molecule has 1 fully saturated rings. The van der Waals surface area contributed by atoms with E-state index >= 15 is 0 Å². The number of nitrogens with one attached hydrogen (secondary N) is 1. The highest BCUT2D eigenvalue weighted by molar-refractivity contribution is 5.84. The Bertz CT molecular complexity index is 433. The predicted molar refractivity (Wildman–Crippen MR) is 79.6 cm³/mol. The maximum Gasteiger partial charge on any atom is 0.411 e. The first-order valence-electron chi connectivity index (χ1n) is 7.12. The van der Waals surface area contributed by atoms with Gasteiger partial charge in [0.05, 0.1) is 6.61 Å². The number of nitrogens with two attached hydrogens (primary N) is 1. The van der Waals surface area contributed by atoms with Gasteiger partial charge in [0.1, 0.15) is 0 Å². The molecule has 5 nitrogen and oxygen atoms in total. The van der Waals surface area contributed by atoms with Gasteiger partial charge < -0.3 is 15.4 Å². The molecule has 3 N–H and O–H groups in total. The van der Waals surface area contributed by atoms with Crippen LogP contribution in [0.1, 0.15) is 24.8 Å². The van der Waals surface area contributed by atoms with Gasteiger partial charge in [-0.05, 0) is 50.6 Å². The van der Waals surface area contributed by atoms with Gasteiger partial charge in [-0.3, -0.25) is 5.32 Å². The SMILES string of the molecule is CN1CCCC1CCOC(=O)Nc1ccc(CN)cc1. The summed E-state index contributed by atoms with van der Waals surface area (Å²) in [6, 6.07) is 7.99. The van der Waals surface area contributed by atoms with Gasteiger partial charge >= 0.3 is 6.09 Å². The van der Waals surface area contributed by atoms with Crippen LogP contribution in [0.3, 0.4) is 0 Å². The monoisotopic (exact) mass is 277 g/mol. The predicted octanol–water partition coefficient (Wildman–Crippen LogP) is 2.18. The maximum atomic E-state index is 11.7. The number of amides is 1. The van der Waals surface area contributed by atoms with E-state index in [1.165, 1.54) is 12.8 Å². The van der Waals surface area contributed by atoms with Crippen molar-refractivity contribution in [1.82, 2.24) is 4.90 Å². The van der Waals surface area contributed by atoms with Gasteiger partial charge in [0.2, 0.25) is 0 Å². The summed E-state index contributed by atoms with van der Waals surface area (Å²) in [6.45, 7) is 2.10. The Morgan fingerprint density at radius 3 is 2.80 bits per heavy atom. The molecule has 1 amide bonds. The van der Waals surface area contributed by atoms with Gasteiger partial charge in [-0.25, -0.2) is 4.79 Å². The minimum absolute atomic E-state index is 0.397. The lowest BCUT2D eigenvalue weighted by Crippen LogP contribution is -2.27. The molecule has 1 aromatic carbocycles. The highest BCUT2D eigenvalue weighted by Gasteiger charge is 2.20. The van der Waals surface area contributed by atoms with Crippen LogP contribution in [-0.2, 0) is 11.3 Å². The van der Waals surface area contributed by atoms with Gasteiger partial charge in [-0.1, -0.05) is 12.1 Å². The summed E-state index contributed by atoms with van der Waals surface area (Å²) >= 11 is 0. The number of rotatable bonds is 5. The lowest BCUT2D eigenvalue weighted by atomic mass is 10.1. The summed E-state index contributed by atoms with van der Waals surface area (Å²) in [4.78, 5) is 14.0. The van der Waals surface area contributed by atoms with E-state index in [0.717, 1.165) is 24.2 Å². The summed E-state index contributed by atoms with van der Waals surface area (Å²) in [5, 5.41) is 2.71. The molecule has 0 bridgehead atoms. The molecular weight excluding hydrogens is 254 g/mol. The third kappa shape index (κ3) is 4.21. The van der Waals surface area contributed by atoms with Crippen molar-refractivity contribution in [3.8, 4) is 0 Å². The van der Waals surface area contributed by atoms with E-state index in [1.54, 1.807) is 0 Å². The van der Waals surface area contributed by atoms with Crippen LogP contribution < -0.4 is 11.1 Å². The average Bonchev–Trinajstić information content (AvgIpc) is 2.85. The Labute approximate surface area is 120 Å². The Hall–Kier alpha value is -1.59. The molecule has 1 aliphatic heterocycles. The normalized spacial score (nSPS) is 19.0. The second-order valence-electron chi connectivity index (χ2n) is 5.23. The zero-order chi connectivity index (χ0) is 14.4. The van der Waals surface area contributed by atoms with Crippen molar-refractivity contribution in [2.45, 2.75) is 31.8 Å². The summed E-state index contributed by atoms with van der Waals surface area (Å²) in [5.41, 5.74) is 7.28. The molecule has 0 radical (unpaired) electrons. The van der Waals surface area contributed by atoms with Gasteiger partial charge in [0.15, 0.2) is 0 Å². The minimum atomic E-state index is -0.397. The topological polar surface area (TPSA) is 67.6 Å². The van der Waals surface area contributed by atoms with E-state index in [4.69, 9.17) is 10.5 Å². The summed E-state index contributed by atoms with van der Waals surface area (Å²) in [7, 11) is 2.12. The first-order chi connectivity index (χ1) is 9.69. The highest BCUT2D eigenvalue weighted by atomic mass is 16.5. The van der Waals surface area contributed by atoms with Crippen LogP contribution in [0, 0.1) is 0 Å². The van der Waals surface area contributed by atoms with Crippen LogP contribution in [-0.4, -0.2) is 37.2 Å². The maximum absolute atomic E-state index is 11.7. The Kier molecular flexibility index (Phi) is 5.38. The number of benzene rings is 1. The van der Waals surface area contributed by atoms with Gasteiger partial charge in [-0.2, -0.15) is 0 Å². The molecule has 1 saturated heterocycles. The second kappa shape index (κ2) is 7.26. The first kappa shape index (κ1) is 14.8. The molecule has 110 valence electrons. The average molecular weight is 277 g/mol. The third-order valence-corrected chi connectivity index (χ3v) is 3.79. The van der Waals surface area contributed by atoms with E-state index in [0.29, 0.717) is 19.2 Å². The Morgan fingerprint density at radius 1 is 1.45 bits per heavy atom. The molecule has 20 heavy (non-hydrogen) atoms. The number of hydrogen-bond donors (Lipinski definition) is 2. The number of nitrogens with zero attached hydrogens (tertiary/aromatic N) is 1. The Balaban J connectivity index is 1.69. The van der Waals surface area contributed by atoms with Crippen molar-refractivity contribution < 1.29 is 9.53 Å². The van der Waals surface area contributed by atoms with E-state index in [9.17, 15) is 4.79 Å². The molecular formula is C15H23N3O2. The molecule has 1 heterocycles. The van der Waals surface area contributed by atoms with Crippen LogP contribution >= 0.6 is 0 Å². The number of carbonyl (C=O) groups excluding carboxylic acids is 1. The van der Waals surface area contributed by atoms with Crippen LogP contribution in [0.5, 0.6) is 0 Å². The van der Waals surface area contributed by atoms with Gasteiger partial charge in [0, 0.05) is 18.3 Å². The standard InChI is InChI=1S/C15H23N3O2/c1-18-9-2-3-14(18)8-10-20-15(19)17-13-6-4-12(11-16)5-7-13/h4-7,14H,2-3,8-11,16H2,1H3,(H,17,19). The van der Waals surface area contributed by atoms with Crippen molar-refractivity contribution in [3.63, 3.8) is 0 Å².